The summed E-state index contributed by atoms with van der Waals surface area (Å²) in [5, 5.41) is 0. The second kappa shape index (κ2) is 5.97. The fraction of sp³-hybridized carbons (Fsp3) is 0.235. The molecule has 1 heterocycles. The molecular weight excluding hydrogens is 282 g/mol. The smallest absolute Gasteiger partial charge is 0.200 e. The summed E-state index contributed by atoms with van der Waals surface area (Å²) in [6.07, 6.45) is 0. The predicted octanol–water partition coefficient (Wildman–Crippen LogP) is 2.61. The number of ether oxygens (including phenoxy) is 3. The summed E-state index contributed by atoms with van der Waals surface area (Å²) in [6, 6.07) is 10.6. The van der Waals surface area contributed by atoms with Gasteiger partial charge in [0.05, 0.1) is 5.69 Å². The van der Waals surface area contributed by atoms with Gasteiger partial charge >= 0.3 is 0 Å². The molecule has 0 aliphatic carbocycles. The van der Waals surface area contributed by atoms with E-state index in [1.54, 1.807) is 24.3 Å². The van der Waals surface area contributed by atoms with Crippen LogP contribution < -0.4 is 19.9 Å². The Morgan fingerprint density at radius 3 is 2.68 bits per heavy atom. The molecule has 22 heavy (non-hydrogen) atoms. The van der Waals surface area contributed by atoms with Crippen molar-refractivity contribution in [3.63, 3.8) is 0 Å². The summed E-state index contributed by atoms with van der Waals surface area (Å²) in [5.74, 6) is 1.62. The molecule has 2 aromatic carbocycles. The number of benzene rings is 2. The van der Waals surface area contributed by atoms with Crippen LogP contribution >= 0.6 is 0 Å². The van der Waals surface area contributed by atoms with Crippen molar-refractivity contribution in [2.24, 2.45) is 0 Å². The van der Waals surface area contributed by atoms with Crippen molar-refractivity contribution in [3.8, 4) is 17.2 Å². The van der Waals surface area contributed by atoms with E-state index in [2.05, 4.69) is 0 Å². The molecule has 114 valence electrons. The molecule has 3 rings (SSSR count). The number of nitrogen functional groups attached to an aromatic ring is 1. The number of Topliss-reactive ketones (excluding diaryl/α,β-unsaturated/α-hetero) is 1. The predicted molar refractivity (Wildman–Crippen MR) is 82.8 cm³/mol. The molecule has 0 unspecified atom stereocenters. The van der Waals surface area contributed by atoms with Crippen LogP contribution in [0.5, 0.6) is 17.2 Å². The second-order valence-electron chi connectivity index (χ2n) is 5.11. The van der Waals surface area contributed by atoms with Crippen LogP contribution in [0.1, 0.15) is 15.9 Å². The summed E-state index contributed by atoms with van der Waals surface area (Å²) < 4.78 is 16.4. The highest BCUT2D eigenvalue weighted by atomic mass is 16.6. The van der Waals surface area contributed by atoms with Gasteiger partial charge in [-0.2, -0.15) is 0 Å². The Morgan fingerprint density at radius 2 is 1.91 bits per heavy atom. The molecule has 1 aliphatic heterocycles. The van der Waals surface area contributed by atoms with E-state index in [1.165, 1.54) is 0 Å². The zero-order valence-electron chi connectivity index (χ0n) is 12.3. The number of rotatable bonds is 4. The zero-order valence-corrected chi connectivity index (χ0v) is 12.3. The number of anilines is 1. The molecule has 0 radical (unpaired) electrons. The first kappa shape index (κ1) is 14.3. The van der Waals surface area contributed by atoms with Crippen molar-refractivity contribution < 1.29 is 19.0 Å². The van der Waals surface area contributed by atoms with Crippen LogP contribution in [0.15, 0.2) is 36.4 Å². The average molecular weight is 299 g/mol. The Labute approximate surface area is 128 Å². The van der Waals surface area contributed by atoms with Gasteiger partial charge in [0.1, 0.15) is 19.0 Å². The summed E-state index contributed by atoms with van der Waals surface area (Å²) in [6.45, 7) is 2.88. The summed E-state index contributed by atoms with van der Waals surface area (Å²) >= 11 is 0. The number of hydrogen-bond donors (Lipinski definition) is 1. The molecule has 5 nitrogen and oxygen atoms in total. The monoisotopic (exact) mass is 299 g/mol. The van der Waals surface area contributed by atoms with E-state index in [9.17, 15) is 4.79 Å². The lowest BCUT2D eigenvalue weighted by atomic mass is 10.1. The number of ketones is 1. The molecule has 0 spiro atoms. The van der Waals surface area contributed by atoms with Crippen LogP contribution in [0.4, 0.5) is 5.69 Å². The van der Waals surface area contributed by atoms with E-state index in [0.717, 1.165) is 5.56 Å². The Bertz CT molecular complexity index is 712. The second-order valence-corrected chi connectivity index (χ2v) is 5.11. The van der Waals surface area contributed by atoms with Gasteiger partial charge in [-0.1, -0.05) is 6.07 Å². The van der Waals surface area contributed by atoms with Crippen LogP contribution in [0.2, 0.25) is 0 Å². The molecule has 0 bridgehead atoms. The molecule has 0 amide bonds. The van der Waals surface area contributed by atoms with Gasteiger partial charge in [-0.05, 0) is 42.8 Å². The molecule has 2 N–H and O–H groups in total. The van der Waals surface area contributed by atoms with Gasteiger partial charge in [-0.25, -0.2) is 0 Å². The minimum absolute atomic E-state index is 0.0765. The highest BCUT2D eigenvalue weighted by molar-refractivity contribution is 5.98. The number of aryl methyl sites for hydroxylation is 1. The Morgan fingerprint density at radius 1 is 1.14 bits per heavy atom. The topological polar surface area (TPSA) is 70.8 Å². The Hall–Kier alpha value is -2.69. The van der Waals surface area contributed by atoms with Crippen molar-refractivity contribution in [1.82, 2.24) is 0 Å². The van der Waals surface area contributed by atoms with E-state index < -0.39 is 0 Å². The van der Waals surface area contributed by atoms with Crippen LogP contribution in [0.3, 0.4) is 0 Å². The molecular formula is C17H17NO4. The maximum atomic E-state index is 12.2. The van der Waals surface area contributed by atoms with Crippen molar-refractivity contribution in [1.29, 1.82) is 0 Å². The first-order valence-corrected chi connectivity index (χ1v) is 7.05. The normalized spacial score (nSPS) is 12.8. The molecule has 0 fully saturated rings. The van der Waals surface area contributed by atoms with Crippen molar-refractivity contribution in [2.45, 2.75) is 6.92 Å². The molecule has 0 aromatic heterocycles. The van der Waals surface area contributed by atoms with E-state index >= 15 is 0 Å². The van der Waals surface area contributed by atoms with Crippen molar-refractivity contribution >= 4 is 11.5 Å². The summed E-state index contributed by atoms with van der Waals surface area (Å²) in [7, 11) is 0. The first-order chi connectivity index (χ1) is 10.6. The summed E-state index contributed by atoms with van der Waals surface area (Å²) in [4.78, 5) is 12.2. The maximum Gasteiger partial charge on any atom is 0.200 e. The number of carbonyl (C=O) groups is 1. The van der Waals surface area contributed by atoms with Gasteiger partial charge in [0, 0.05) is 5.56 Å². The SMILES string of the molecule is Cc1ccc(OCC(=O)c2ccc3c(c2)OCCO3)c(N)c1. The van der Waals surface area contributed by atoms with E-state index in [-0.39, 0.29) is 12.4 Å². The maximum absolute atomic E-state index is 12.2. The Balaban J connectivity index is 1.69. The lowest BCUT2D eigenvalue weighted by Crippen LogP contribution is -2.17. The average Bonchev–Trinajstić information content (AvgIpc) is 2.53. The molecule has 1 aliphatic rings. The lowest BCUT2D eigenvalue weighted by Gasteiger charge is -2.18. The van der Waals surface area contributed by atoms with Gasteiger partial charge in [-0.15, -0.1) is 0 Å². The Kier molecular flexibility index (Phi) is 3.87. The van der Waals surface area contributed by atoms with Crippen LogP contribution in [0.25, 0.3) is 0 Å². The van der Waals surface area contributed by atoms with E-state index in [4.69, 9.17) is 19.9 Å². The van der Waals surface area contributed by atoms with Gasteiger partial charge in [-0.3, -0.25) is 4.79 Å². The standard InChI is InChI=1S/C17H17NO4/c1-11-2-4-15(13(18)8-11)22-10-14(19)12-3-5-16-17(9-12)21-7-6-20-16/h2-5,8-9H,6-7,10,18H2,1H3. The van der Waals surface area contributed by atoms with Crippen LogP contribution in [-0.4, -0.2) is 25.6 Å². The van der Waals surface area contributed by atoms with Crippen LogP contribution in [-0.2, 0) is 0 Å². The molecule has 2 aromatic rings. The lowest BCUT2D eigenvalue weighted by molar-refractivity contribution is 0.0921. The number of fused-ring (bicyclic) bond motifs is 1. The molecule has 0 atom stereocenters. The van der Waals surface area contributed by atoms with Crippen LogP contribution in [0, 0.1) is 6.92 Å². The zero-order chi connectivity index (χ0) is 15.5. The largest absolute Gasteiger partial charge is 0.486 e. The van der Waals surface area contributed by atoms with Gasteiger partial charge in [0.2, 0.25) is 0 Å². The highest BCUT2D eigenvalue weighted by Gasteiger charge is 2.15. The fourth-order valence-corrected chi connectivity index (χ4v) is 2.24. The summed E-state index contributed by atoms with van der Waals surface area (Å²) in [5.41, 5.74) is 7.96. The third-order valence-corrected chi connectivity index (χ3v) is 3.39. The number of carbonyl (C=O) groups excluding carboxylic acids is 1. The van der Waals surface area contributed by atoms with Gasteiger partial charge in [0.25, 0.3) is 0 Å². The minimum Gasteiger partial charge on any atom is -0.486 e. The van der Waals surface area contributed by atoms with Gasteiger partial charge in [0.15, 0.2) is 23.9 Å². The van der Waals surface area contributed by atoms with E-state index in [0.29, 0.717) is 41.7 Å². The fourth-order valence-electron chi connectivity index (χ4n) is 2.24. The third kappa shape index (κ3) is 2.98. The minimum atomic E-state index is -0.142. The third-order valence-electron chi connectivity index (χ3n) is 3.39. The number of nitrogens with two attached hydrogens (primary N) is 1. The quantitative estimate of drug-likeness (QED) is 0.694. The molecule has 0 saturated heterocycles. The highest BCUT2D eigenvalue weighted by Crippen LogP contribution is 2.31. The van der Waals surface area contributed by atoms with Gasteiger partial charge < -0.3 is 19.9 Å². The van der Waals surface area contributed by atoms with E-state index in [1.807, 2.05) is 19.1 Å². The first-order valence-electron chi connectivity index (χ1n) is 7.05. The molecule has 5 heteroatoms. The number of hydrogen-bond acceptors (Lipinski definition) is 5. The van der Waals surface area contributed by atoms with Crippen molar-refractivity contribution in [2.75, 3.05) is 25.6 Å². The van der Waals surface area contributed by atoms with Crippen molar-refractivity contribution in [3.05, 3.63) is 47.5 Å². The molecule has 0 saturated carbocycles.